The minimum atomic E-state index is 0.716. The maximum atomic E-state index is 3.32. The van der Waals surface area contributed by atoms with E-state index in [4.69, 9.17) is 0 Å². The molecule has 0 aromatic carbocycles. The van der Waals surface area contributed by atoms with Gasteiger partial charge in [0, 0.05) is 19.1 Å². The summed E-state index contributed by atoms with van der Waals surface area (Å²) in [4.78, 5) is 2.40. The lowest BCUT2D eigenvalue weighted by molar-refractivity contribution is 0.184. The molecule has 0 aromatic rings. The van der Waals surface area contributed by atoms with Gasteiger partial charge < -0.3 is 10.2 Å². The molecule has 0 aliphatic carbocycles. The van der Waals surface area contributed by atoms with E-state index in [1.807, 2.05) is 13.8 Å². The van der Waals surface area contributed by atoms with Crippen LogP contribution in [0.5, 0.6) is 0 Å². The summed E-state index contributed by atoms with van der Waals surface area (Å²) in [6.07, 6.45) is 1.33. The van der Waals surface area contributed by atoms with Crippen LogP contribution in [0.3, 0.4) is 0 Å². The molecule has 0 saturated carbocycles. The third kappa shape index (κ3) is 4.07. The van der Waals surface area contributed by atoms with Crippen molar-refractivity contribution in [2.45, 2.75) is 33.2 Å². The minimum absolute atomic E-state index is 0.716. The first-order valence-corrected chi connectivity index (χ1v) is 5.08. The normalized spacial score (nSPS) is 30.8. The molecule has 0 aromatic heterocycles. The first-order chi connectivity index (χ1) is 5.72. The molecule has 1 saturated heterocycles. The molecular weight excluding hydrogens is 148 g/mol. The Kier molecular flexibility index (Phi) is 6.39. The van der Waals surface area contributed by atoms with E-state index in [2.05, 4.69) is 31.2 Å². The number of hydrogen-bond donors (Lipinski definition) is 1. The number of piperidine rings is 1. The molecule has 2 heteroatoms. The fourth-order valence-corrected chi connectivity index (χ4v) is 1.83. The van der Waals surface area contributed by atoms with Crippen molar-refractivity contribution >= 4 is 0 Å². The van der Waals surface area contributed by atoms with Gasteiger partial charge in [-0.25, -0.2) is 0 Å². The average Bonchev–Trinajstić information content (AvgIpc) is 2.06. The largest absolute Gasteiger partial charge is 0.316 e. The van der Waals surface area contributed by atoms with E-state index in [0.29, 0.717) is 6.04 Å². The monoisotopic (exact) mass is 172 g/mol. The fourth-order valence-electron chi connectivity index (χ4n) is 1.83. The van der Waals surface area contributed by atoms with Crippen LogP contribution in [0, 0.1) is 5.92 Å². The lowest BCUT2D eigenvalue weighted by Gasteiger charge is -2.33. The van der Waals surface area contributed by atoms with Crippen molar-refractivity contribution in [1.82, 2.24) is 10.2 Å². The van der Waals surface area contributed by atoms with Crippen LogP contribution in [0.15, 0.2) is 0 Å². The van der Waals surface area contributed by atoms with Gasteiger partial charge in [-0.15, -0.1) is 0 Å². The highest BCUT2D eigenvalue weighted by Gasteiger charge is 2.20. The van der Waals surface area contributed by atoms with Gasteiger partial charge in [-0.3, -0.25) is 0 Å². The number of nitrogens with one attached hydrogen (secondary N) is 1. The Morgan fingerprint density at radius 2 is 1.83 bits per heavy atom. The van der Waals surface area contributed by atoms with Crippen LogP contribution in [0.4, 0.5) is 0 Å². The Labute approximate surface area is 77.3 Å². The molecule has 1 heterocycles. The van der Waals surface area contributed by atoms with Crippen molar-refractivity contribution in [3.05, 3.63) is 0 Å². The number of likely N-dealkylation sites (tertiary alicyclic amines) is 1. The summed E-state index contributed by atoms with van der Waals surface area (Å²) in [7, 11) is 4.25. The van der Waals surface area contributed by atoms with Crippen LogP contribution in [0.1, 0.15) is 27.2 Å². The van der Waals surface area contributed by atoms with Crippen molar-refractivity contribution in [3.63, 3.8) is 0 Å². The molecule has 1 fully saturated rings. The Hall–Kier alpha value is -0.0800. The Morgan fingerprint density at radius 1 is 1.25 bits per heavy atom. The van der Waals surface area contributed by atoms with Crippen LogP contribution in [0.25, 0.3) is 0 Å². The van der Waals surface area contributed by atoms with Gasteiger partial charge in [0.1, 0.15) is 0 Å². The molecule has 1 aliphatic heterocycles. The molecule has 2 nitrogen and oxygen atoms in total. The lowest BCUT2D eigenvalue weighted by Crippen LogP contribution is -2.45. The van der Waals surface area contributed by atoms with Gasteiger partial charge in [-0.1, -0.05) is 20.8 Å². The number of likely N-dealkylation sites (N-methyl/N-ethyl adjacent to an activating group) is 2. The molecule has 12 heavy (non-hydrogen) atoms. The van der Waals surface area contributed by atoms with Gasteiger partial charge >= 0.3 is 0 Å². The predicted molar refractivity (Wildman–Crippen MR) is 55.5 cm³/mol. The summed E-state index contributed by atoms with van der Waals surface area (Å²) < 4.78 is 0. The summed E-state index contributed by atoms with van der Waals surface area (Å²) in [6, 6.07) is 0.716. The molecule has 0 spiro atoms. The molecule has 2 atom stereocenters. The molecule has 1 aliphatic rings. The van der Waals surface area contributed by atoms with E-state index in [-0.39, 0.29) is 0 Å². The quantitative estimate of drug-likeness (QED) is 0.646. The van der Waals surface area contributed by atoms with E-state index >= 15 is 0 Å². The zero-order valence-electron chi connectivity index (χ0n) is 9.22. The van der Waals surface area contributed by atoms with Crippen molar-refractivity contribution in [2.24, 2.45) is 5.92 Å². The number of rotatable bonds is 1. The SMILES string of the molecule is CC.CNC1CC(C)CN(C)C1. The second-order valence-corrected chi connectivity index (χ2v) is 3.55. The first-order valence-electron chi connectivity index (χ1n) is 5.08. The zero-order chi connectivity index (χ0) is 9.56. The van der Waals surface area contributed by atoms with Crippen LogP contribution in [0.2, 0.25) is 0 Å². The van der Waals surface area contributed by atoms with Crippen molar-refractivity contribution < 1.29 is 0 Å². The van der Waals surface area contributed by atoms with Crippen molar-refractivity contribution in [3.8, 4) is 0 Å². The summed E-state index contributed by atoms with van der Waals surface area (Å²) in [5, 5.41) is 3.32. The van der Waals surface area contributed by atoms with E-state index in [0.717, 1.165) is 5.92 Å². The second kappa shape index (κ2) is 6.44. The van der Waals surface area contributed by atoms with Crippen LogP contribution >= 0.6 is 0 Å². The number of hydrogen-bond acceptors (Lipinski definition) is 2. The molecule has 0 radical (unpaired) electrons. The maximum Gasteiger partial charge on any atom is 0.0194 e. The van der Waals surface area contributed by atoms with Crippen LogP contribution in [-0.4, -0.2) is 38.1 Å². The van der Waals surface area contributed by atoms with Gasteiger partial charge in [0.05, 0.1) is 0 Å². The fraction of sp³-hybridized carbons (Fsp3) is 1.00. The Bertz CT molecular complexity index is 94.0. The highest BCUT2D eigenvalue weighted by Crippen LogP contribution is 2.13. The predicted octanol–water partition coefficient (Wildman–Crippen LogP) is 1.57. The van der Waals surface area contributed by atoms with Crippen molar-refractivity contribution in [2.75, 3.05) is 27.2 Å². The van der Waals surface area contributed by atoms with Crippen molar-refractivity contribution in [1.29, 1.82) is 0 Å². The highest BCUT2D eigenvalue weighted by atomic mass is 15.1. The second-order valence-electron chi connectivity index (χ2n) is 3.55. The Balaban J connectivity index is 0.000000561. The summed E-state index contributed by atoms with van der Waals surface area (Å²) in [5.74, 6) is 0.858. The van der Waals surface area contributed by atoms with Gasteiger partial charge in [-0.2, -0.15) is 0 Å². The Morgan fingerprint density at radius 3 is 2.25 bits per heavy atom. The molecule has 1 rings (SSSR count). The van der Waals surface area contributed by atoms with E-state index in [1.54, 1.807) is 0 Å². The van der Waals surface area contributed by atoms with Crippen LogP contribution in [-0.2, 0) is 0 Å². The molecule has 74 valence electrons. The molecule has 1 N–H and O–H groups in total. The highest BCUT2D eigenvalue weighted by molar-refractivity contribution is 4.78. The van der Waals surface area contributed by atoms with Crippen LogP contribution < -0.4 is 5.32 Å². The first kappa shape index (κ1) is 11.9. The standard InChI is InChI=1S/C8H18N2.C2H6/c1-7-4-8(9-2)6-10(3)5-7;1-2/h7-9H,4-6H2,1-3H3;1-2H3. The van der Waals surface area contributed by atoms with E-state index in [9.17, 15) is 0 Å². The molecular formula is C10H24N2. The van der Waals surface area contributed by atoms with Gasteiger partial charge in [-0.05, 0) is 26.4 Å². The number of nitrogens with zero attached hydrogens (tertiary/aromatic N) is 1. The molecule has 2 unspecified atom stereocenters. The minimum Gasteiger partial charge on any atom is -0.316 e. The third-order valence-corrected chi connectivity index (χ3v) is 2.25. The molecule has 0 bridgehead atoms. The van der Waals surface area contributed by atoms with E-state index < -0.39 is 0 Å². The molecule has 0 amide bonds. The smallest absolute Gasteiger partial charge is 0.0194 e. The summed E-state index contributed by atoms with van der Waals surface area (Å²) >= 11 is 0. The average molecular weight is 172 g/mol. The zero-order valence-corrected chi connectivity index (χ0v) is 9.22. The topological polar surface area (TPSA) is 15.3 Å². The maximum absolute atomic E-state index is 3.32. The lowest BCUT2D eigenvalue weighted by atomic mass is 9.97. The van der Waals surface area contributed by atoms with Gasteiger partial charge in [0.15, 0.2) is 0 Å². The van der Waals surface area contributed by atoms with Gasteiger partial charge in [0.2, 0.25) is 0 Å². The van der Waals surface area contributed by atoms with Gasteiger partial charge in [0.25, 0.3) is 0 Å². The van der Waals surface area contributed by atoms with E-state index in [1.165, 1.54) is 19.5 Å². The summed E-state index contributed by atoms with van der Waals surface area (Å²) in [5.41, 5.74) is 0. The summed E-state index contributed by atoms with van der Waals surface area (Å²) in [6.45, 7) is 8.79. The third-order valence-electron chi connectivity index (χ3n) is 2.25.